The van der Waals surface area contributed by atoms with Gasteiger partial charge in [0.15, 0.2) is 11.5 Å². The predicted octanol–water partition coefficient (Wildman–Crippen LogP) is 1.18. The summed E-state index contributed by atoms with van der Waals surface area (Å²) in [5.41, 5.74) is 7.25. The van der Waals surface area contributed by atoms with Crippen LogP contribution in [0.15, 0.2) is 23.4 Å². The summed E-state index contributed by atoms with van der Waals surface area (Å²) in [6, 6.07) is 5.01. The molecule has 5 N–H and O–H groups in total. The molecule has 3 rings (SSSR count). The molecule has 2 unspecified atom stereocenters. The lowest BCUT2D eigenvalue weighted by Crippen LogP contribution is -2.43. The Morgan fingerprint density at radius 3 is 2.80 bits per heavy atom. The molecule has 20 heavy (non-hydrogen) atoms. The summed E-state index contributed by atoms with van der Waals surface area (Å²) in [5, 5.41) is 36.5. The molecule has 0 radical (unpaired) electrons. The monoisotopic (exact) mass is 271 g/mol. The van der Waals surface area contributed by atoms with Crippen molar-refractivity contribution in [2.75, 3.05) is 0 Å². The average molecular weight is 271 g/mol. The first-order valence-corrected chi connectivity index (χ1v) is 6.21. The van der Waals surface area contributed by atoms with Crippen molar-refractivity contribution in [3.05, 3.63) is 29.0 Å². The molecule has 1 aromatic carbocycles. The number of hydrogen-bond donors (Lipinski definition) is 4. The standard InChI is InChI=1S/C14H13N3O3/c15-5-8-9(16)4-11-7(12(8)17)3-6-1-2-10(18)13(19)14(6)20-11/h1-2,7,11,17-19H,3-4,16H2. The van der Waals surface area contributed by atoms with E-state index >= 15 is 0 Å². The first-order valence-electron chi connectivity index (χ1n) is 6.21. The Bertz CT molecular complexity index is 688. The number of nitrogens with zero attached hydrogens (tertiary/aromatic N) is 1. The fourth-order valence-electron chi connectivity index (χ4n) is 2.78. The van der Waals surface area contributed by atoms with Crippen molar-refractivity contribution in [3.8, 4) is 23.3 Å². The molecule has 0 bridgehead atoms. The van der Waals surface area contributed by atoms with Gasteiger partial charge in [0.2, 0.25) is 5.75 Å². The van der Waals surface area contributed by atoms with Gasteiger partial charge in [-0.2, -0.15) is 5.26 Å². The first-order chi connectivity index (χ1) is 9.52. The summed E-state index contributed by atoms with van der Waals surface area (Å²) < 4.78 is 5.71. The number of aromatic hydroxyl groups is 2. The van der Waals surface area contributed by atoms with Gasteiger partial charge in [-0.05, 0) is 18.1 Å². The zero-order valence-corrected chi connectivity index (χ0v) is 10.6. The Morgan fingerprint density at radius 1 is 1.35 bits per heavy atom. The van der Waals surface area contributed by atoms with Gasteiger partial charge in [0.1, 0.15) is 12.2 Å². The van der Waals surface area contributed by atoms with Gasteiger partial charge in [0.05, 0.1) is 11.3 Å². The SMILES string of the molecule is N#CC1=C(N)CC2Oc3c(ccc(O)c3O)CC2C1=N. The van der Waals surface area contributed by atoms with Crippen molar-refractivity contribution in [2.45, 2.75) is 18.9 Å². The van der Waals surface area contributed by atoms with E-state index < -0.39 is 0 Å². The number of nitrogens with one attached hydrogen (secondary N) is 1. The highest BCUT2D eigenvalue weighted by Crippen LogP contribution is 2.45. The van der Waals surface area contributed by atoms with E-state index in [4.69, 9.17) is 21.1 Å². The van der Waals surface area contributed by atoms with Crippen LogP contribution >= 0.6 is 0 Å². The maximum absolute atomic E-state index is 9.84. The Kier molecular flexibility index (Phi) is 2.57. The zero-order valence-electron chi connectivity index (χ0n) is 10.6. The van der Waals surface area contributed by atoms with Crippen LogP contribution in [0.5, 0.6) is 17.2 Å². The summed E-state index contributed by atoms with van der Waals surface area (Å²) >= 11 is 0. The summed E-state index contributed by atoms with van der Waals surface area (Å²) in [6.45, 7) is 0. The molecule has 0 amide bonds. The van der Waals surface area contributed by atoms with Gasteiger partial charge in [0, 0.05) is 18.0 Å². The summed E-state index contributed by atoms with van der Waals surface area (Å²) in [5.74, 6) is -0.545. The Morgan fingerprint density at radius 2 is 2.10 bits per heavy atom. The second kappa shape index (κ2) is 4.17. The van der Waals surface area contributed by atoms with Crippen molar-refractivity contribution < 1.29 is 14.9 Å². The van der Waals surface area contributed by atoms with Crippen molar-refractivity contribution in [1.82, 2.24) is 0 Å². The van der Waals surface area contributed by atoms with E-state index in [9.17, 15) is 10.2 Å². The minimum absolute atomic E-state index is 0.180. The van der Waals surface area contributed by atoms with Crippen LogP contribution in [0.3, 0.4) is 0 Å². The van der Waals surface area contributed by atoms with E-state index in [2.05, 4.69) is 0 Å². The van der Waals surface area contributed by atoms with Gasteiger partial charge >= 0.3 is 0 Å². The van der Waals surface area contributed by atoms with Gasteiger partial charge < -0.3 is 26.1 Å². The Labute approximate surface area is 115 Å². The molecule has 1 aliphatic carbocycles. The maximum Gasteiger partial charge on any atom is 0.200 e. The number of allylic oxidation sites excluding steroid dienone is 1. The lowest BCUT2D eigenvalue weighted by molar-refractivity contribution is 0.134. The van der Waals surface area contributed by atoms with E-state index in [0.717, 1.165) is 0 Å². The van der Waals surface area contributed by atoms with Crippen molar-refractivity contribution in [2.24, 2.45) is 11.7 Å². The third-order valence-electron chi connectivity index (χ3n) is 3.84. The van der Waals surface area contributed by atoms with E-state index in [-0.39, 0.29) is 40.6 Å². The molecule has 102 valence electrons. The van der Waals surface area contributed by atoms with Crippen LogP contribution in [0.4, 0.5) is 0 Å². The molecule has 0 saturated carbocycles. The Hall–Kier alpha value is -2.68. The summed E-state index contributed by atoms with van der Waals surface area (Å²) in [6.07, 6.45) is 0.426. The molecule has 6 heteroatoms. The van der Waals surface area contributed by atoms with Crippen molar-refractivity contribution in [3.63, 3.8) is 0 Å². The van der Waals surface area contributed by atoms with E-state index in [1.165, 1.54) is 6.07 Å². The molecule has 0 saturated heterocycles. The number of hydrogen-bond acceptors (Lipinski definition) is 6. The lowest BCUT2D eigenvalue weighted by atomic mass is 9.78. The molecular formula is C14H13N3O3. The van der Waals surface area contributed by atoms with Gasteiger partial charge in [-0.25, -0.2) is 0 Å². The lowest BCUT2D eigenvalue weighted by Gasteiger charge is -2.37. The highest BCUT2D eigenvalue weighted by atomic mass is 16.5. The van der Waals surface area contributed by atoms with Gasteiger partial charge in [-0.1, -0.05) is 6.07 Å². The first kappa shape index (κ1) is 12.4. The fourth-order valence-corrected chi connectivity index (χ4v) is 2.78. The van der Waals surface area contributed by atoms with Crippen LogP contribution in [0.25, 0.3) is 0 Å². The fraction of sp³-hybridized carbons (Fsp3) is 0.286. The smallest absolute Gasteiger partial charge is 0.200 e. The third-order valence-corrected chi connectivity index (χ3v) is 3.84. The molecule has 1 aliphatic heterocycles. The number of nitrogens with two attached hydrogens (primary N) is 1. The highest BCUT2D eigenvalue weighted by molar-refractivity contribution is 6.05. The predicted molar refractivity (Wildman–Crippen MR) is 70.6 cm³/mol. The van der Waals surface area contributed by atoms with Crippen LogP contribution in [-0.4, -0.2) is 22.0 Å². The van der Waals surface area contributed by atoms with Crippen molar-refractivity contribution >= 4 is 5.71 Å². The van der Waals surface area contributed by atoms with Crippen LogP contribution < -0.4 is 10.5 Å². The summed E-state index contributed by atoms with van der Waals surface area (Å²) in [7, 11) is 0. The summed E-state index contributed by atoms with van der Waals surface area (Å²) in [4.78, 5) is 0. The number of rotatable bonds is 0. The average Bonchev–Trinajstić information content (AvgIpc) is 2.43. The van der Waals surface area contributed by atoms with Gasteiger partial charge in [0.25, 0.3) is 0 Å². The molecule has 1 heterocycles. The molecule has 1 aromatic rings. The molecular weight excluding hydrogens is 258 g/mol. The van der Waals surface area contributed by atoms with Crippen LogP contribution in [-0.2, 0) is 6.42 Å². The second-order valence-electron chi connectivity index (χ2n) is 5.02. The molecule has 0 spiro atoms. The Balaban J connectivity index is 2.04. The van der Waals surface area contributed by atoms with Gasteiger partial charge in [-0.3, -0.25) is 0 Å². The molecule has 0 fully saturated rings. The van der Waals surface area contributed by atoms with Crippen molar-refractivity contribution in [1.29, 1.82) is 10.7 Å². The number of ether oxygens (including phenoxy) is 1. The molecule has 0 aromatic heterocycles. The number of phenols is 2. The molecule has 2 atom stereocenters. The second-order valence-corrected chi connectivity index (χ2v) is 5.02. The minimum Gasteiger partial charge on any atom is -0.504 e. The largest absolute Gasteiger partial charge is 0.504 e. The van der Waals surface area contributed by atoms with Crippen LogP contribution in [0.1, 0.15) is 12.0 Å². The number of phenolic OH excluding ortho intramolecular Hbond substituents is 2. The minimum atomic E-state index is -0.389. The number of benzene rings is 1. The van der Waals surface area contributed by atoms with E-state index in [0.29, 0.717) is 24.1 Å². The van der Waals surface area contributed by atoms with E-state index in [1.54, 1.807) is 6.07 Å². The van der Waals surface area contributed by atoms with Crippen LogP contribution in [0.2, 0.25) is 0 Å². The normalized spacial score (nSPS) is 24.4. The quantitative estimate of drug-likeness (QED) is 0.527. The van der Waals surface area contributed by atoms with Gasteiger partial charge in [-0.15, -0.1) is 0 Å². The number of nitriles is 1. The molecule has 2 aliphatic rings. The van der Waals surface area contributed by atoms with Crippen LogP contribution in [0, 0.1) is 22.7 Å². The zero-order chi connectivity index (χ0) is 14.4. The maximum atomic E-state index is 9.84. The highest BCUT2D eigenvalue weighted by Gasteiger charge is 2.40. The number of fused-ring (bicyclic) bond motifs is 2. The molecule has 6 nitrogen and oxygen atoms in total. The third kappa shape index (κ3) is 1.60. The topological polar surface area (TPSA) is 123 Å². The van der Waals surface area contributed by atoms with E-state index in [1.807, 2.05) is 6.07 Å².